The molecule has 3 fully saturated rings. The van der Waals surface area contributed by atoms with Crippen molar-refractivity contribution in [3.05, 3.63) is 23.3 Å². The molecular weight excluding hydrogens is 421 g/mol. The van der Waals surface area contributed by atoms with Crippen LogP contribution in [0.15, 0.2) is 12.1 Å². The average Bonchev–Trinajstić information content (AvgIpc) is 3.52. The molecule has 2 unspecified atom stereocenters. The number of carboxylic acids is 1. The van der Waals surface area contributed by atoms with E-state index >= 15 is 0 Å². The lowest BCUT2D eigenvalue weighted by Gasteiger charge is -2.41. The number of carboxylic acid groups (broad SMARTS) is 1. The number of benzene rings is 1. The molecule has 1 aromatic rings. The van der Waals surface area contributed by atoms with Crippen LogP contribution in [-0.4, -0.2) is 84.6 Å². The van der Waals surface area contributed by atoms with Crippen molar-refractivity contribution in [2.24, 2.45) is 5.73 Å². The Hall–Kier alpha value is -2.38. The number of carbonyl (C=O) groups excluding carboxylic acids is 2. The van der Waals surface area contributed by atoms with Crippen LogP contribution < -0.4 is 25.5 Å². The van der Waals surface area contributed by atoms with Crippen LogP contribution in [0.2, 0.25) is 5.82 Å². The highest BCUT2D eigenvalue weighted by atomic mass is 16.6. The normalized spacial score (nSPS) is 30.4. The number of nitrogens with two attached hydrogens (primary N) is 1. The Labute approximate surface area is 184 Å². The Bertz CT molecular complexity index is 930. The molecule has 5 rings (SSSR count). The molecule has 0 radical (unpaired) electrons. The summed E-state index contributed by atoms with van der Waals surface area (Å²) in [7, 11) is 0. The predicted molar refractivity (Wildman–Crippen MR) is 109 cm³/mol. The molecular formula is C20H26BN3O8-2. The third-order valence-corrected chi connectivity index (χ3v) is 6.79. The molecule has 11 nitrogen and oxygen atoms in total. The van der Waals surface area contributed by atoms with E-state index in [1.54, 1.807) is 11.0 Å². The van der Waals surface area contributed by atoms with Gasteiger partial charge < -0.3 is 50.0 Å². The molecule has 5 N–H and O–H groups in total. The molecule has 32 heavy (non-hydrogen) atoms. The first kappa shape index (κ1) is 21.5. The van der Waals surface area contributed by atoms with Gasteiger partial charge in [-0.25, -0.2) is 0 Å². The minimum absolute atomic E-state index is 0.0270. The molecule has 2 saturated heterocycles. The topological polar surface area (TPSA) is 167 Å². The lowest BCUT2D eigenvalue weighted by atomic mass is 9.68. The van der Waals surface area contributed by atoms with E-state index in [0.717, 1.165) is 0 Å². The van der Waals surface area contributed by atoms with Crippen LogP contribution in [0.1, 0.15) is 34.7 Å². The number of hydrogen-bond donors (Lipinski definition) is 4. The fraction of sp³-hybridized carbons (Fsp3) is 0.600. The monoisotopic (exact) mass is 447 g/mol. The van der Waals surface area contributed by atoms with Crippen molar-refractivity contribution in [1.29, 1.82) is 0 Å². The van der Waals surface area contributed by atoms with Crippen LogP contribution >= 0.6 is 0 Å². The van der Waals surface area contributed by atoms with Crippen molar-refractivity contribution >= 4 is 18.6 Å². The summed E-state index contributed by atoms with van der Waals surface area (Å²) in [5.74, 6) is -2.22. The summed E-state index contributed by atoms with van der Waals surface area (Å²) in [4.78, 5) is 25.9. The molecule has 1 aliphatic carbocycles. The summed E-state index contributed by atoms with van der Waals surface area (Å²) in [6, 6.07) is 3.34. The number of nitrogens with zero attached hydrogens (tertiary/aromatic N) is 1. The van der Waals surface area contributed by atoms with Crippen LogP contribution in [-0.2, 0) is 9.53 Å². The molecule has 0 aromatic heterocycles. The van der Waals surface area contributed by atoms with Gasteiger partial charge in [0.05, 0.1) is 49.5 Å². The summed E-state index contributed by atoms with van der Waals surface area (Å²) < 4.78 is 16.8. The number of fused-ring (bicyclic) bond motifs is 3. The van der Waals surface area contributed by atoms with Crippen molar-refractivity contribution in [2.75, 3.05) is 32.8 Å². The highest BCUT2D eigenvalue weighted by molar-refractivity contribution is 6.62. The summed E-state index contributed by atoms with van der Waals surface area (Å²) in [6.45, 7) is -0.984. The van der Waals surface area contributed by atoms with Crippen molar-refractivity contribution in [1.82, 2.24) is 10.2 Å². The summed E-state index contributed by atoms with van der Waals surface area (Å²) in [5, 5.41) is 35.3. The molecule has 1 amide bonds. The first-order chi connectivity index (χ1) is 15.3. The van der Waals surface area contributed by atoms with Gasteiger partial charge in [0, 0.05) is 19.1 Å². The van der Waals surface area contributed by atoms with Gasteiger partial charge in [-0.1, -0.05) is 18.3 Å². The van der Waals surface area contributed by atoms with Gasteiger partial charge in [0.2, 0.25) is 5.91 Å². The van der Waals surface area contributed by atoms with Gasteiger partial charge in [0.25, 0.3) is 0 Å². The Morgan fingerprint density at radius 1 is 1.34 bits per heavy atom. The van der Waals surface area contributed by atoms with Crippen LogP contribution in [0.4, 0.5) is 0 Å². The van der Waals surface area contributed by atoms with E-state index in [1.165, 1.54) is 6.07 Å². The molecule has 1 saturated carbocycles. The first-order valence-corrected chi connectivity index (χ1v) is 10.9. The average molecular weight is 447 g/mol. The second-order valence-corrected chi connectivity index (χ2v) is 9.07. The fourth-order valence-corrected chi connectivity index (χ4v) is 4.77. The Morgan fingerprint density at radius 3 is 2.78 bits per heavy atom. The van der Waals surface area contributed by atoms with E-state index in [1.807, 2.05) is 0 Å². The highest BCUT2D eigenvalue weighted by Crippen LogP contribution is 2.63. The number of carbonyl (C=O) groups is 2. The maximum atomic E-state index is 12.5. The smallest absolute Gasteiger partial charge is 0.434 e. The van der Waals surface area contributed by atoms with Crippen molar-refractivity contribution < 1.29 is 38.9 Å². The number of aromatic carboxylic acids is 1. The minimum Gasteiger partial charge on any atom is -0.669 e. The van der Waals surface area contributed by atoms with E-state index in [4.69, 9.17) is 19.9 Å². The van der Waals surface area contributed by atoms with Crippen LogP contribution in [0.25, 0.3) is 0 Å². The van der Waals surface area contributed by atoms with E-state index in [0.29, 0.717) is 44.8 Å². The standard InChI is InChI=1S/C20H27BN3O8/c22-5-10-9-30-11(6-23-10)3-17(25)24-7-12(8-24)31-16-2-1-13-14-4-15(14)21(28,29)32-19(13)18(16)20(26)27/h1-2,10-12,14-15,23,28-29H,3-9,22H2,(H,26,27)/q-1/p-1/t10?,11?,14-,15-/m0/s1. The summed E-state index contributed by atoms with van der Waals surface area (Å²) in [5.41, 5.74) is 5.88. The second kappa shape index (κ2) is 7.89. The molecule has 174 valence electrons. The predicted octanol–water partition coefficient (Wildman–Crippen LogP) is -2.48. The van der Waals surface area contributed by atoms with Crippen molar-refractivity contribution in [3.8, 4) is 11.5 Å². The summed E-state index contributed by atoms with van der Waals surface area (Å²) >= 11 is 0. The zero-order chi connectivity index (χ0) is 22.6. The molecule has 4 atom stereocenters. The SMILES string of the molecule is NCC1COC(CC(=O)N2CC(Oc3ccc4c(c3C(=O)[O-])O[B-](O)(O)[C@H]3C[C@@H]43)C2)CN1. The number of likely N-dealkylation sites (tertiary alicyclic amines) is 1. The molecule has 0 bridgehead atoms. The Balaban J connectivity index is 1.20. The Kier molecular flexibility index (Phi) is 5.29. The second-order valence-electron chi connectivity index (χ2n) is 9.07. The number of rotatable bonds is 6. The van der Waals surface area contributed by atoms with Gasteiger partial charge in [-0.3, -0.25) is 4.79 Å². The van der Waals surface area contributed by atoms with E-state index in [9.17, 15) is 24.7 Å². The van der Waals surface area contributed by atoms with Gasteiger partial charge in [-0.05, 0) is 17.5 Å². The van der Waals surface area contributed by atoms with E-state index < -0.39 is 24.6 Å². The van der Waals surface area contributed by atoms with Gasteiger partial charge in [-0.2, -0.15) is 0 Å². The first-order valence-electron chi connectivity index (χ1n) is 10.9. The molecule has 0 spiro atoms. The third kappa shape index (κ3) is 3.82. The van der Waals surface area contributed by atoms with E-state index in [-0.39, 0.29) is 47.5 Å². The zero-order valence-corrected chi connectivity index (χ0v) is 17.4. The number of hydrogen-bond acceptors (Lipinski definition) is 10. The molecule has 3 aliphatic heterocycles. The quantitative estimate of drug-likeness (QED) is 0.343. The maximum absolute atomic E-state index is 12.5. The number of amides is 1. The van der Waals surface area contributed by atoms with Crippen LogP contribution in [0.3, 0.4) is 0 Å². The van der Waals surface area contributed by atoms with Gasteiger partial charge in [-0.15, -0.1) is 0 Å². The van der Waals surface area contributed by atoms with Crippen LogP contribution in [0.5, 0.6) is 11.5 Å². The van der Waals surface area contributed by atoms with E-state index in [2.05, 4.69) is 5.32 Å². The van der Waals surface area contributed by atoms with Gasteiger partial charge >= 0.3 is 6.75 Å². The number of nitrogens with one attached hydrogen (secondary N) is 1. The fourth-order valence-electron chi connectivity index (χ4n) is 4.77. The van der Waals surface area contributed by atoms with Crippen molar-refractivity contribution in [3.63, 3.8) is 0 Å². The highest BCUT2D eigenvalue weighted by Gasteiger charge is 2.55. The summed E-state index contributed by atoms with van der Waals surface area (Å²) in [6.07, 6.45) is 0.170. The molecule has 4 aliphatic rings. The number of morpholine rings is 1. The molecule has 3 heterocycles. The number of ether oxygens (including phenoxy) is 2. The lowest BCUT2D eigenvalue weighted by Crippen LogP contribution is -2.58. The molecule has 12 heteroatoms. The zero-order valence-electron chi connectivity index (χ0n) is 17.4. The Morgan fingerprint density at radius 2 is 2.12 bits per heavy atom. The van der Waals surface area contributed by atoms with Gasteiger partial charge in [0.15, 0.2) is 0 Å². The minimum atomic E-state index is -3.12. The largest absolute Gasteiger partial charge is 0.669 e. The van der Waals surface area contributed by atoms with Crippen LogP contribution in [0, 0.1) is 0 Å². The molecule has 1 aromatic carbocycles. The maximum Gasteiger partial charge on any atom is 0.434 e. The third-order valence-electron chi connectivity index (χ3n) is 6.79. The van der Waals surface area contributed by atoms with Crippen molar-refractivity contribution in [2.45, 2.75) is 42.8 Å². The van der Waals surface area contributed by atoms with Gasteiger partial charge in [0.1, 0.15) is 11.9 Å². The lowest BCUT2D eigenvalue weighted by molar-refractivity contribution is -0.255.